The Morgan fingerprint density at radius 2 is 1.42 bits per heavy atom. The topological polar surface area (TPSA) is 0 Å². The number of allylic oxidation sites excluding steroid dienone is 4. The van der Waals surface area contributed by atoms with Gasteiger partial charge in [0.1, 0.15) is 0 Å². The van der Waals surface area contributed by atoms with Crippen molar-refractivity contribution in [2.45, 2.75) is 53.4 Å². The Bertz CT molecular complexity index is 1570. The van der Waals surface area contributed by atoms with E-state index in [4.69, 9.17) is 0 Å². The van der Waals surface area contributed by atoms with Crippen molar-refractivity contribution >= 4 is 28.0 Å². The maximum Gasteiger partial charge on any atom is -1.00 e. The molecule has 0 atom stereocenters. The van der Waals surface area contributed by atoms with E-state index in [1.54, 1.807) is 17.5 Å². The van der Waals surface area contributed by atoms with Crippen molar-refractivity contribution in [2.75, 3.05) is 0 Å². The van der Waals surface area contributed by atoms with Gasteiger partial charge in [-0.1, -0.05) is 0 Å². The summed E-state index contributed by atoms with van der Waals surface area (Å²) in [5.41, 5.74) is 6.01. The van der Waals surface area contributed by atoms with E-state index in [-0.39, 0.29) is 24.8 Å². The number of hydrogen-bond donors (Lipinski definition) is 0. The van der Waals surface area contributed by atoms with Crippen molar-refractivity contribution in [1.82, 2.24) is 0 Å². The molecule has 0 bridgehead atoms. The Labute approximate surface area is 248 Å². The Hall–Kier alpha value is -1.79. The second-order valence-electron chi connectivity index (χ2n) is 11.5. The van der Waals surface area contributed by atoms with E-state index in [9.17, 15) is 0 Å². The minimum absolute atomic E-state index is 0. The summed E-state index contributed by atoms with van der Waals surface area (Å²) in [5.74, 6) is 1.41. The predicted molar refractivity (Wildman–Crippen MR) is 155 cm³/mol. The molecule has 0 nitrogen and oxygen atoms in total. The zero-order chi connectivity index (χ0) is 24.8. The molecule has 0 N–H and O–H groups in total. The Balaban J connectivity index is 0.00000168. The summed E-state index contributed by atoms with van der Waals surface area (Å²) in [5, 5.41) is 5.89. The molecule has 0 heterocycles. The molecule has 0 unspecified atom stereocenters. The SMILES string of the molecule is CC(C)C[C](CC(C)C)=[Zr+2]([C]1=CC=CC1)[c]1cccc2c1c1c(c3ccccc32)-c2ccccc2C1.[Cl-].[Cl-]. The standard InChI is InChI=1S/C21H13.C9H18.C5H5.2ClH.Zr/c1-2-8-15-14(7-1)13-20-18-11-4-3-9-16(18)17-10-5-6-12-19(17)21(15)20;1-8(2)6-5-7-9(3)4;1-2-4-5-3-1;;;/h1-10,12H,13H2;8-9H,6-7H2,1-4H3;1-3H,4H2;2*1H;/q;;;;;+2/p-2. The van der Waals surface area contributed by atoms with Crippen molar-refractivity contribution in [2.24, 2.45) is 11.8 Å². The second-order valence-corrected chi connectivity index (χ2v) is 17.9. The fourth-order valence-corrected chi connectivity index (χ4v) is 15.9. The van der Waals surface area contributed by atoms with Gasteiger partial charge >= 0.3 is 225 Å². The van der Waals surface area contributed by atoms with Crippen LogP contribution in [0, 0.1) is 11.8 Å². The van der Waals surface area contributed by atoms with Gasteiger partial charge in [0.15, 0.2) is 0 Å². The van der Waals surface area contributed by atoms with Crippen LogP contribution >= 0.6 is 0 Å². The summed E-state index contributed by atoms with van der Waals surface area (Å²) in [7, 11) is 0. The third-order valence-corrected chi connectivity index (χ3v) is 15.4. The van der Waals surface area contributed by atoms with Crippen LogP contribution in [0.4, 0.5) is 0 Å². The molecule has 38 heavy (non-hydrogen) atoms. The van der Waals surface area contributed by atoms with Gasteiger partial charge in [-0.05, 0) is 0 Å². The summed E-state index contributed by atoms with van der Waals surface area (Å²) < 4.78 is 5.39. The number of benzene rings is 4. The zero-order valence-electron chi connectivity index (χ0n) is 22.8. The predicted octanol–water partition coefficient (Wildman–Crippen LogP) is 2.92. The first-order chi connectivity index (χ1) is 17.5. The van der Waals surface area contributed by atoms with Gasteiger partial charge in [-0.25, -0.2) is 0 Å². The van der Waals surface area contributed by atoms with E-state index in [0.29, 0.717) is 11.8 Å². The molecule has 2 aliphatic rings. The fourth-order valence-electron chi connectivity index (χ4n) is 6.62. The monoisotopic (exact) mass is 616 g/mol. The summed E-state index contributed by atoms with van der Waals surface area (Å²) in [4.78, 5) is 0. The summed E-state index contributed by atoms with van der Waals surface area (Å²) in [6, 6.07) is 25.6. The van der Waals surface area contributed by atoms with Gasteiger partial charge in [-0.3, -0.25) is 0 Å². The number of halogens is 2. The molecule has 0 saturated heterocycles. The van der Waals surface area contributed by atoms with Crippen LogP contribution in [0.3, 0.4) is 0 Å². The van der Waals surface area contributed by atoms with E-state index in [0.717, 1.165) is 12.8 Å². The minimum atomic E-state index is -2.31. The quantitative estimate of drug-likeness (QED) is 0.257. The molecule has 194 valence electrons. The summed E-state index contributed by atoms with van der Waals surface area (Å²) >= 11 is -2.31. The molecular formula is C35H36Cl2Zr. The third-order valence-electron chi connectivity index (χ3n) is 7.83. The Morgan fingerprint density at radius 1 is 0.763 bits per heavy atom. The second kappa shape index (κ2) is 12.2. The molecule has 3 heteroatoms. The van der Waals surface area contributed by atoms with Crippen molar-refractivity contribution in [3.05, 3.63) is 99.4 Å². The summed E-state index contributed by atoms with van der Waals surface area (Å²) in [6.45, 7) is 9.64. The van der Waals surface area contributed by atoms with Crippen molar-refractivity contribution < 1.29 is 46.1 Å². The number of fused-ring (bicyclic) bond motifs is 8. The first-order valence-corrected chi connectivity index (χ1v) is 17.3. The van der Waals surface area contributed by atoms with Gasteiger partial charge in [0.05, 0.1) is 0 Å². The molecule has 0 radical (unpaired) electrons. The van der Waals surface area contributed by atoms with Crippen LogP contribution in [0.25, 0.3) is 32.7 Å². The van der Waals surface area contributed by atoms with Crippen molar-refractivity contribution in [1.29, 1.82) is 0 Å². The van der Waals surface area contributed by atoms with Crippen molar-refractivity contribution in [3.63, 3.8) is 0 Å². The average Bonchev–Trinajstić information content (AvgIpc) is 3.52. The molecule has 2 aliphatic carbocycles. The van der Waals surface area contributed by atoms with Gasteiger partial charge < -0.3 is 24.8 Å². The summed E-state index contributed by atoms with van der Waals surface area (Å²) in [6.07, 6.45) is 12.0. The first kappa shape index (κ1) is 29.2. The average molecular weight is 619 g/mol. The van der Waals surface area contributed by atoms with Crippen molar-refractivity contribution in [3.8, 4) is 11.1 Å². The van der Waals surface area contributed by atoms with E-state index in [1.807, 2.05) is 3.21 Å². The molecule has 4 aromatic carbocycles. The molecule has 6 rings (SSSR count). The van der Waals surface area contributed by atoms with Crippen LogP contribution in [-0.2, 0) is 27.7 Å². The molecule has 0 aromatic heterocycles. The molecule has 0 spiro atoms. The fraction of sp³-hybridized carbons (Fsp3) is 0.286. The van der Waals surface area contributed by atoms with Crippen LogP contribution in [-0.4, -0.2) is 3.21 Å². The normalized spacial score (nSPS) is 13.1. The molecule has 0 fully saturated rings. The third kappa shape index (κ3) is 5.20. The Morgan fingerprint density at radius 3 is 2.11 bits per heavy atom. The van der Waals surface area contributed by atoms with Gasteiger partial charge in [0.25, 0.3) is 0 Å². The van der Waals surface area contributed by atoms with Gasteiger partial charge in [0.2, 0.25) is 0 Å². The van der Waals surface area contributed by atoms with Gasteiger partial charge in [0, 0.05) is 0 Å². The van der Waals surface area contributed by atoms with Crippen LogP contribution in [0.1, 0.15) is 58.1 Å². The van der Waals surface area contributed by atoms with Crippen LogP contribution < -0.4 is 28.1 Å². The number of hydrogen-bond acceptors (Lipinski definition) is 0. The van der Waals surface area contributed by atoms with E-state index in [1.165, 1.54) is 45.7 Å². The van der Waals surface area contributed by atoms with Crippen LogP contribution in [0.15, 0.2) is 88.2 Å². The largest absolute Gasteiger partial charge is 1.00 e. The van der Waals surface area contributed by atoms with E-state index < -0.39 is 21.3 Å². The van der Waals surface area contributed by atoms with E-state index in [2.05, 4.69) is 113 Å². The molecule has 0 saturated carbocycles. The Kier molecular flexibility index (Phi) is 9.35. The maximum absolute atomic E-state index is 2.54. The van der Waals surface area contributed by atoms with E-state index >= 15 is 0 Å². The van der Waals surface area contributed by atoms with Crippen LogP contribution in [0.5, 0.6) is 0 Å². The first-order valence-electron chi connectivity index (χ1n) is 13.7. The molecule has 4 aromatic rings. The minimum Gasteiger partial charge on any atom is -1.00 e. The smallest absolute Gasteiger partial charge is 1.00 e. The molecule has 0 amide bonds. The van der Waals surface area contributed by atoms with Gasteiger partial charge in [-0.15, -0.1) is 0 Å². The maximum atomic E-state index is 2.54. The zero-order valence-corrected chi connectivity index (χ0v) is 26.8. The van der Waals surface area contributed by atoms with Crippen LogP contribution in [0.2, 0.25) is 0 Å². The molecular weight excluding hydrogens is 583 g/mol. The van der Waals surface area contributed by atoms with Gasteiger partial charge in [-0.2, -0.15) is 0 Å². The molecule has 0 aliphatic heterocycles. The number of rotatable bonds is 6.